The fourth-order valence-corrected chi connectivity index (χ4v) is 2.95. The van der Waals surface area contributed by atoms with Crippen molar-refractivity contribution in [3.63, 3.8) is 0 Å². The molecule has 0 aromatic carbocycles. The number of methoxy groups -OCH3 is 1. The molecule has 1 N–H and O–H groups in total. The van der Waals surface area contributed by atoms with Gasteiger partial charge in [0.15, 0.2) is 0 Å². The van der Waals surface area contributed by atoms with E-state index in [0.29, 0.717) is 6.04 Å². The van der Waals surface area contributed by atoms with Crippen LogP contribution in [0.1, 0.15) is 45.4 Å². The molecule has 2 saturated carbocycles. The molecule has 0 radical (unpaired) electrons. The average molecular weight is 240 g/mol. The van der Waals surface area contributed by atoms with E-state index in [1.165, 1.54) is 38.5 Å². The maximum Gasteiger partial charge on any atom is 0.0589 e. The molecule has 0 aliphatic heterocycles. The van der Waals surface area contributed by atoms with Gasteiger partial charge in [-0.25, -0.2) is 0 Å². The molecule has 3 heteroatoms. The largest absolute Gasteiger partial charge is 0.383 e. The molecule has 2 aliphatic carbocycles. The third kappa shape index (κ3) is 4.23. The van der Waals surface area contributed by atoms with E-state index in [-0.39, 0.29) is 0 Å². The molecule has 100 valence electrons. The SMILES string of the molecule is COCCN(C(C)CNC1CCCC1)C1CC1. The van der Waals surface area contributed by atoms with Crippen LogP contribution in [-0.4, -0.2) is 49.8 Å². The van der Waals surface area contributed by atoms with E-state index in [2.05, 4.69) is 17.1 Å². The Bertz CT molecular complexity index is 212. The molecule has 2 aliphatic rings. The highest BCUT2D eigenvalue weighted by atomic mass is 16.5. The molecular weight excluding hydrogens is 212 g/mol. The smallest absolute Gasteiger partial charge is 0.0589 e. The highest BCUT2D eigenvalue weighted by Crippen LogP contribution is 2.28. The minimum absolute atomic E-state index is 0.651. The fraction of sp³-hybridized carbons (Fsp3) is 1.00. The van der Waals surface area contributed by atoms with Crippen molar-refractivity contribution in [2.75, 3.05) is 26.8 Å². The van der Waals surface area contributed by atoms with E-state index in [1.807, 2.05) is 0 Å². The van der Waals surface area contributed by atoms with Crippen LogP contribution in [0.4, 0.5) is 0 Å². The van der Waals surface area contributed by atoms with Gasteiger partial charge in [0.1, 0.15) is 0 Å². The van der Waals surface area contributed by atoms with Crippen molar-refractivity contribution in [2.24, 2.45) is 0 Å². The minimum atomic E-state index is 0.651. The first-order chi connectivity index (χ1) is 8.31. The summed E-state index contributed by atoms with van der Waals surface area (Å²) in [6, 6.07) is 2.28. The normalized spacial score (nSPS) is 23.5. The van der Waals surface area contributed by atoms with Crippen molar-refractivity contribution in [3.05, 3.63) is 0 Å². The van der Waals surface area contributed by atoms with Crippen LogP contribution in [0.25, 0.3) is 0 Å². The minimum Gasteiger partial charge on any atom is -0.383 e. The molecule has 0 bridgehead atoms. The fourth-order valence-electron chi connectivity index (χ4n) is 2.95. The third-order valence-corrected chi connectivity index (χ3v) is 4.19. The van der Waals surface area contributed by atoms with E-state index in [1.54, 1.807) is 7.11 Å². The maximum atomic E-state index is 5.22. The molecule has 0 saturated heterocycles. The Morgan fingerprint density at radius 1 is 1.24 bits per heavy atom. The van der Waals surface area contributed by atoms with Gasteiger partial charge in [-0.05, 0) is 32.6 Å². The number of nitrogens with zero attached hydrogens (tertiary/aromatic N) is 1. The molecule has 0 aromatic heterocycles. The second-order valence-electron chi connectivity index (χ2n) is 5.70. The number of nitrogens with one attached hydrogen (secondary N) is 1. The van der Waals surface area contributed by atoms with Crippen molar-refractivity contribution in [3.8, 4) is 0 Å². The number of ether oxygens (including phenoxy) is 1. The van der Waals surface area contributed by atoms with Gasteiger partial charge in [0, 0.05) is 38.3 Å². The molecule has 17 heavy (non-hydrogen) atoms. The summed E-state index contributed by atoms with van der Waals surface area (Å²) in [5.41, 5.74) is 0. The van der Waals surface area contributed by atoms with E-state index in [4.69, 9.17) is 4.74 Å². The predicted octanol–water partition coefficient (Wildman–Crippen LogP) is 2.02. The second kappa shape index (κ2) is 6.72. The van der Waals surface area contributed by atoms with Gasteiger partial charge in [-0.2, -0.15) is 0 Å². The lowest BCUT2D eigenvalue weighted by Gasteiger charge is -2.30. The molecule has 0 aromatic rings. The summed E-state index contributed by atoms with van der Waals surface area (Å²) >= 11 is 0. The highest BCUT2D eigenvalue weighted by molar-refractivity contribution is 4.88. The summed E-state index contributed by atoms with van der Waals surface area (Å²) in [5.74, 6) is 0. The van der Waals surface area contributed by atoms with Gasteiger partial charge >= 0.3 is 0 Å². The van der Waals surface area contributed by atoms with E-state index in [0.717, 1.165) is 31.8 Å². The molecule has 2 fully saturated rings. The van der Waals surface area contributed by atoms with E-state index >= 15 is 0 Å². The van der Waals surface area contributed by atoms with Gasteiger partial charge in [0.2, 0.25) is 0 Å². The van der Waals surface area contributed by atoms with Crippen LogP contribution in [0.15, 0.2) is 0 Å². The Kier molecular flexibility index (Phi) is 5.26. The Morgan fingerprint density at radius 3 is 2.53 bits per heavy atom. The summed E-state index contributed by atoms with van der Waals surface area (Å²) in [6.07, 6.45) is 8.38. The first-order valence-electron chi connectivity index (χ1n) is 7.29. The zero-order valence-corrected chi connectivity index (χ0v) is 11.5. The lowest BCUT2D eigenvalue weighted by Crippen LogP contribution is -2.45. The predicted molar refractivity (Wildman–Crippen MR) is 71.3 cm³/mol. The number of hydrogen-bond donors (Lipinski definition) is 1. The molecule has 0 amide bonds. The van der Waals surface area contributed by atoms with Crippen molar-refractivity contribution in [1.82, 2.24) is 10.2 Å². The monoisotopic (exact) mass is 240 g/mol. The van der Waals surface area contributed by atoms with Crippen LogP contribution in [0.3, 0.4) is 0 Å². The summed E-state index contributed by atoms with van der Waals surface area (Å²) in [4.78, 5) is 2.63. The molecule has 0 spiro atoms. The van der Waals surface area contributed by atoms with Crippen LogP contribution in [0, 0.1) is 0 Å². The molecule has 0 heterocycles. The van der Waals surface area contributed by atoms with E-state index in [9.17, 15) is 0 Å². The van der Waals surface area contributed by atoms with Crippen LogP contribution < -0.4 is 5.32 Å². The van der Waals surface area contributed by atoms with Crippen molar-refractivity contribution < 1.29 is 4.74 Å². The first-order valence-corrected chi connectivity index (χ1v) is 7.29. The second-order valence-corrected chi connectivity index (χ2v) is 5.70. The Hall–Kier alpha value is -0.120. The van der Waals surface area contributed by atoms with E-state index < -0.39 is 0 Å². The first kappa shape index (κ1) is 13.3. The number of hydrogen-bond acceptors (Lipinski definition) is 3. The number of rotatable bonds is 8. The average Bonchev–Trinajstić information content (AvgIpc) is 3.03. The van der Waals surface area contributed by atoms with Crippen LogP contribution in [0.2, 0.25) is 0 Å². The Labute approximate surface area is 106 Å². The van der Waals surface area contributed by atoms with Gasteiger partial charge in [-0.3, -0.25) is 4.90 Å². The van der Waals surface area contributed by atoms with Crippen molar-refractivity contribution in [2.45, 2.75) is 63.6 Å². The van der Waals surface area contributed by atoms with Crippen LogP contribution in [-0.2, 0) is 4.74 Å². The van der Waals surface area contributed by atoms with Crippen LogP contribution in [0.5, 0.6) is 0 Å². The third-order valence-electron chi connectivity index (χ3n) is 4.19. The van der Waals surface area contributed by atoms with Gasteiger partial charge in [-0.1, -0.05) is 12.8 Å². The summed E-state index contributed by atoms with van der Waals surface area (Å²) in [6.45, 7) is 5.46. The molecule has 3 nitrogen and oxygen atoms in total. The maximum absolute atomic E-state index is 5.22. The highest BCUT2D eigenvalue weighted by Gasteiger charge is 2.31. The Morgan fingerprint density at radius 2 is 1.94 bits per heavy atom. The Balaban J connectivity index is 1.69. The van der Waals surface area contributed by atoms with Gasteiger partial charge in [0.05, 0.1) is 6.61 Å². The van der Waals surface area contributed by atoms with Crippen molar-refractivity contribution in [1.29, 1.82) is 0 Å². The summed E-state index contributed by atoms with van der Waals surface area (Å²) in [5, 5.41) is 3.74. The van der Waals surface area contributed by atoms with Gasteiger partial charge < -0.3 is 10.1 Å². The van der Waals surface area contributed by atoms with Crippen molar-refractivity contribution >= 4 is 0 Å². The zero-order valence-electron chi connectivity index (χ0n) is 11.5. The summed E-state index contributed by atoms with van der Waals surface area (Å²) in [7, 11) is 1.80. The standard InChI is InChI=1S/C14H28N2O/c1-12(11-15-13-5-3-4-6-13)16(9-10-17-2)14-7-8-14/h12-15H,3-11H2,1-2H3. The summed E-state index contributed by atoms with van der Waals surface area (Å²) < 4.78 is 5.22. The molecule has 1 atom stereocenters. The lowest BCUT2D eigenvalue weighted by atomic mass is 10.2. The van der Waals surface area contributed by atoms with Crippen LogP contribution >= 0.6 is 0 Å². The zero-order chi connectivity index (χ0) is 12.1. The van der Waals surface area contributed by atoms with Gasteiger partial charge in [-0.15, -0.1) is 0 Å². The lowest BCUT2D eigenvalue weighted by molar-refractivity contribution is 0.117. The molecule has 2 rings (SSSR count). The topological polar surface area (TPSA) is 24.5 Å². The quantitative estimate of drug-likeness (QED) is 0.702. The molecule has 1 unspecified atom stereocenters. The molecular formula is C14H28N2O. The van der Waals surface area contributed by atoms with Gasteiger partial charge in [0.25, 0.3) is 0 Å².